The predicted molar refractivity (Wildman–Crippen MR) is 99.4 cm³/mol. The number of halogens is 4. The van der Waals surface area contributed by atoms with Crippen LogP contribution in [0.4, 0.5) is 23.2 Å². The molecule has 9 heteroatoms. The van der Waals surface area contributed by atoms with Crippen LogP contribution >= 0.6 is 11.8 Å². The second-order valence-corrected chi connectivity index (χ2v) is 6.81. The van der Waals surface area contributed by atoms with Crippen molar-refractivity contribution in [1.29, 1.82) is 0 Å². The number of aromatic nitrogens is 2. The van der Waals surface area contributed by atoms with E-state index in [9.17, 15) is 22.4 Å². The molecule has 0 saturated heterocycles. The number of amides is 1. The van der Waals surface area contributed by atoms with E-state index in [0.717, 1.165) is 29.1 Å². The fraction of sp³-hybridized carbons (Fsp3) is 0.158. The molecule has 0 aliphatic rings. The molecule has 3 aromatic rings. The van der Waals surface area contributed by atoms with Gasteiger partial charge in [0.25, 0.3) is 0 Å². The summed E-state index contributed by atoms with van der Waals surface area (Å²) in [5.74, 6) is -1.04. The van der Waals surface area contributed by atoms with Gasteiger partial charge in [-0.1, -0.05) is 23.9 Å². The Kier molecular flexibility index (Phi) is 5.73. The van der Waals surface area contributed by atoms with Gasteiger partial charge in [-0.2, -0.15) is 13.2 Å². The first kappa shape index (κ1) is 19.9. The molecular formula is C19H15F4N3OS. The third kappa shape index (κ3) is 4.53. The van der Waals surface area contributed by atoms with Crippen molar-refractivity contribution in [3.63, 3.8) is 0 Å². The predicted octanol–water partition coefficient (Wildman–Crippen LogP) is 4.98. The van der Waals surface area contributed by atoms with Crippen LogP contribution in [0.2, 0.25) is 0 Å². The van der Waals surface area contributed by atoms with Gasteiger partial charge in [0.15, 0.2) is 5.16 Å². The van der Waals surface area contributed by atoms with Crippen molar-refractivity contribution in [2.24, 2.45) is 7.05 Å². The Bertz CT molecular complexity index is 984. The lowest BCUT2D eigenvalue weighted by Crippen LogP contribution is -2.18. The van der Waals surface area contributed by atoms with E-state index in [1.54, 1.807) is 29.9 Å². The zero-order valence-corrected chi connectivity index (χ0v) is 15.4. The summed E-state index contributed by atoms with van der Waals surface area (Å²) < 4.78 is 53.8. The first-order chi connectivity index (χ1) is 13.3. The van der Waals surface area contributed by atoms with E-state index in [0.29, 0.717) is 5.16 Å². The lowest BCUT2D eigenvalue weighted by molar-refractivity contribution is -0.137. The van der Waals surface area contributed by atoms with Crippen LogP contribution in [-0.4, -0.2) is 21.2 Å². The van der Waals surface area contributed by atoms with E-state index in [2.05, 4.69) is 10.3 Å². The number of anilines is 1. The second-order valence-electron chi connectivity index (χ2n) is 5.87. The average Bonchev–Trinajstić information content (AvgIpc) is 3.01. The molecule has 3 rings (SSSR count). The summed E-state index contributed by atoms with van der Waals surface area (Å²) in [6.07, 6.45) is -2.97. The summed E-state index contributed by atoms with van der Waals surface area (Å²) in [4.78, 5) is 16.3. The van der Waals surface area contributed by atoms with Crippen molar-refractivity contribution in [1.82, 2.24) is 9.55 Å². The number of rotatable bonds is 5. The highest BCUT2D eigenvalue weighted by atomic mass is 32.2. The van der Waals surface area contributed by atoms with Crippen molar-refractivity contribution in [2.75, 3.05) is 11.1 Å². The molecule has 4 nitrogen and oxygen atoms in total. The van der Waals surface area contributed by atoms with Gasteiger partial charge in [-0.25, -0.2) is 9.37 Å². The number of nitrogens with zero attached hydrogens (tertiary/aromatic N) is 2. The number of thioether (sulfide) groups is 1. The molecule has 0 unspecified atom stereocenters. The maximum Gasteiger partial charge on any atom is 0.418 e. The fourth-order valence-electron chi connectivity index (χ4n) is 2.57. The molecule has 0 aliphatic heterocycles. The van der Waals surface area contributed by atoms with E-state index >= 15 is 0 Å². The molecule has 1 aromatic heterocycles. The number of alkyl halides is 3. The van der Waals surface area contributed by atoms with Crippen molar-refractivity contribution in [3.05, 3.63) is 66.1 Å². The maximum absolute atomic E-state index is 13.1. The number of para-hydroxylation sites is 1. The molecule has 0 atom stereocenters. The van der Waals surface area contributed by atoms with Gasteiger partial charge in [-0.05, 0) is 42.0 Å². The van der Waals surface area contributed by atoms with E-state index in [1.807, 2.05) is 0 Å². The molecule has 0 radical (unpaired) electrons. The number of hydrogen-bond donors (Lipinski definition) is 1. The Morgan fingerprint density at radius 3 is 2.50 bits per heavy atom. The molecule has 2 aromatic carbocycles. The zero-order valence-electron chi connectivity index (χ0n) is 14.6. The Labute approximate surface area is 162 Å². The smallest absolute Gasteiger partial charge is 0.325 e. The number of hydrogen-bond acceptors (Lipinski definition) is 3. The quantitative estimate of drug-likeness (QED) is 0.478. The highest BCUT2D eigenvalue weighted by Gasteiger charge is 2.33. The summed E-state index contributed by atoms with van der Waals surface area (Å²) in [6.45, 7) is 0. The molecule has 0 fully saturated rings. The van der Waals surface area contributed by atoms with Gasteiger partial charge in [-0.15, -0.1) is 0 Å². The molecule has 0 saturated carbocycles. The third-order valence-corrected chi connectivity index (χ3v) is 4.97. The lowest BCUT2D eigenvalue weighted by Gasteiger charge is -2.13. The van der Waals surface area contributed by atoms with Crippen LogP contribution in [0.25, 0.3) is 11.3 Å². The van der Waals surface area contributed by atoms with E-state index in [4.69, 9.17) is 0 Å². The van der Waals surface area contributed by atoms with Crippen molar-refractivity contribution in [3.8, 4) is 11.3 Å². The maximum atomic E-state index is 13.1. The molecular weight excluding hydrogens is 394 g/mol. The number of carbonyl (C=O) groups is 1. The lowest BCUT2D eigenvalue weighted by atomic mass is 10.1. The fourth-order valence-corrected chi connectivity index (χ4v) is 3.32. The number of imidazole rings is 1. The van der Waals surface area contributed by atoms with Gasteiger partial charge in [0.05, 0.1) is 28.9 Å². The Hall–Kier alpha value is -2.81. The Balaban J connectivity index is 1.67. The van der Waals surface area contributed by atoms with Gasteiger partial charge in [0.2, 0.25) is 5.91 Å². The number of carbonyl (C=O) groups excluding carboxylic acids is 1. The second kappa shape index (κ2) is 8.05. The summed E-state index contributed by atoms with van der Waals surface area (Å²) in [5.41, 5.74) is 0.300. The number of nitrogens with one attached hydrogen (secondary N) is 1. The molecule has 1 N–H and O–H groups in total. The van der Waals surface area contributed by atoms with E-state index < -0.39 is 17.6 Å². The SMILES string of the molecule is Cn1c(-c2ccc(F)cc2)cnc1SCC(=O)Nc1ccccc1C(F)(F)F. The topological polar surface area (TPSA) is 46.9 Å². The van der Waals surface area contributed by atoms with Crippen LogP contribution in [-0.2, 0) is 18.0 Å². The van der Waals surface area contributed by atoms with E-state index in [-0.39, 0.29) is 17.3 Å². The minimum atomic E-state index is -4.55. The average molecular weight is 409 g/mol. The standard InChI is InChI=1S/C19H15F4N3OS/c1-26-16(12-6-8-13(20)9-7-12)10-24-18(26)28-11-17(27)25-15-5-3-2-4-14(15)19(21,22)23/h2-10H,11H2,1H3,(H,25,27). The monoisotopic (exact) mass is 409 g/mol. The molecule has 1 heterocycles. The van der Waals surface area contributed by atoms with Gasteiger partial charge in [0, 0.05) is 7.05 Å². The summed E-state index contributed by atoms with van der Waals surface area (Å²) in [7, 11) is 1.74. The largest absolute Gasteiger partial charge is 0.418 e. The summed E-state index contributed by atoms with van der Waals surface area (Å²) in [5, 5.41) is 2.81. The van der Waals surface area contributed by atoms with Crippen molar-refractivity contribution < 1.29 is 22.4 Å². The van der Waals surface area contributed by atoms with Crippen molar-refractivity contribution >= 4 is 23.4 Å². The summed E-state index contributed by atoms with van der Waals surface area (Å²) >= 11 is 1.09. The normalized spacial score (nSPS) is 11.5. The molecule has 28 heavy (non-hydrogen) atoms. The van der Waals surface area contributed by atoms with Gasteiger partial charge >= 0.3 is 6.18 Å². The van der Waals surface area contributed by atoms with Crippen LogP contribution in [0.3, 0.4) is 0 Å². The minimum Gasteiger partial charge on any atom is -0.325 e. The first-order valence-corrected chi connectivity index (χ1v) is 9.11. The van der Waals surface area contributed by atoms with E-state index in [1.165, 1.54) is 30.3 Å². The molecule has 1 amide bonds. The molecule has 0 bridgehead atoms. The van der Waals surface area contributed by atoms with Crippen molar-refractivity contribution in [2.45, 2.75) is 11.3 Å². The van der Waals surface area contributed by atoms with Gasteiger partial charge < -0.3 is 9.88 Å². The molecule has 146 valence electrons. The van der Waals surface area contributed by atoms with Crippen LogP contribution < -0.4 is 5.32 Å². The Morgan fingerprint density at radius 2 is 1.82 bits per heavy atom. The highest BCUT2D eigenvalue weighted by molar-refractivity contribution is 7.99. The van der Waals surface area contributed by atoms with Gasteiger partial charge in [0.1, 0.15) is 5.82 Å². The van der Waals surface area contributed by atoms with Crippen LogP contribution in [0.1, 0.15) is 5.56 Å². The van der Waals surface area contributed by atoms with Crippen LogP contribution in [0.5, 0.6) is 0 Å². The highest BCUT2D eigenvalue weighted by Crippen LogP contribution is 2.34. The number of benzene rings is 2. The Morgan fingerprint density at radius 1 is 1.14 bits per heavy atom. The van der Waals surface area contributed by atoms with Gasteiger partial charge in [-0.3, -0.25) is 4.79 Å². The van der Waals surface area contributed by atoms with Crippen LogP contribution in [0.15, 0.2) is 59.9 Å². The minimum absolute atomic E-state index is 0.111. The molecule has 0 spiro atoms. The zero-order chi connectivity index (χ0) is 20.3. The first-order valence-electron chi connectivity index (χ1n) is 8.12. The third-order valence-electron chi connectivity index (χ3n) is 3.92. The van der Waals surface area contributed by atoms with Crippen LogP contribution in [0, 0.1) is 5.82 Å². The summed E-state index contributed by atoms with van der Waals surface area (Å²) in [6, 6.07) is 10.7. The molecule has 0 aliphatic carbocycles.